The third-order valence-electron chi connectivity index (χ3n) is 2.02. The number of alkyl halides is 2. The zero-order valence-electron chi connectivity index (χ0n) is 10.7. The summed E-state index contributed by atoms with van der Waals surface area (Å²) in [6.07, 6.45) is 0. The van der Waals surface area contributed by atoms with Crippen LogP contribution in [0.25, 0.3) is 0 Å². The molecule has 0 radical (unpaired) electrons. The molecule has 0 heterocycles. The van der Waals surface area contributed by atoms with E-state index >= 15 is 0 Å². The summed E-state index contributed by atoms with van der Waals surface area (Å²) >= 11 is 10.7. The van der Waals surface area contributed by atoms with Gasteiger partial charge in [-0.2, -0.15) is 0 Å². The van der Waals surface area contributed by atoms with Crippen LogP contribution >= 0.6 is 23.2 Å². The zero-order chi connectivity index (χ0) is 13.8. The lowest BCUT2D eigenvalue weighted by Crippen LogP contribution is -2.18. The van der Waals surface area contributed by atoms with Gasteiger partial charge in [-0.05, 0) is 19.1 Å². The van der Waals surface area contributed by atoms with E-state index in [0.29, 0.717) is 17.3 Å². The second-order valence-corrected chi connectivity index (χ2v) is 4.24. The van der Waals surface area contributed by atoms with Gasteiger partial charge in [-0.1, -0.05) is 17.7 Å². The Bertz CT molecular complexity index is 324. The molecule has 102 valence electrons. The fraction of sp³-hybridized carbons (Fsp3) is 0.462. The molecule has 1 rings (SSSR count). The van der Waals surface area contributed by atoms with Crippen LogP contribution in [-0.4, -0.2) is 37.9 Å². The number of halogens is 2. The molecule has 5 heteroatoms. The maximum absolute atomic E-state index is 10.9. The summed E-state index contributed by atoms with van der Waals surface area (Å²) in [6, 6.07) is 7.26. The lowest BCUT2D eigenvalue weighted by atomic mass is 10.2. The zero-order valence-corrected chi connectivity index (χ0v) is 12.2. The average molecular weight is 292 g/mol. The maximum atomic E-state index is 10.9. The van der Waals surface area contributed by atoms with Crippen LogP contribution in [0, 0.1) is 6.92 Å². The second-order valence-electron chi connectivity index (χ2n) is 3.49. The number of nitrogens with one attached hydrogen (secondary N) is 1. The van der Waals surface area contributed by atoms with Crippen molar-refractivity contribution in [2.75, 3.05) is 32.0 Å². The number of carbonyl (C=O) groups excluding carboxylic acids is 1. The van der Waals surface area contributed by atoms with Gasteiger partial charge in [0.2, 0.25) is 0 Å². The minimum Gasteiger partial charge on any atom is -0.465 e. The Labute approximate surface area is 118 Å². The summed E-state index contributed by atoms with van der Waals surface area (Å²) < 4.78 is 4.54. The van der Waals surface area contributed by atoms with Crippen LogP contribution in [-0.2, 0) is 4.74 Å². The van der Waals surface area contributed by atoms with Gasteiger partial charge in [0.25, 0.3) is 0 Å². The molecule has 0 aromatic heterocycles. The van der Waals surface area contributed by atoms with E-state index in [1.54, 1.807) is 12.1 Å². The first-order valence-electron chi connectivity index (χ1n) is 5.63. The van der Waals surface area contributed by atoms with E-state index in [1.165, 1.54) is 7.11 Å². The Morgan fingerprint density at radius 1 is 1.17 bits per heavy atom. The van der Waals surface area contributed by atoms with Gasteiger partial charge in [0.15, 0.2) is 0 Å². The average Bonchev–Trinajstić information content (AvgIpc) is 2.40. The third kappa shape index (κ3) is 8.34. The summed E-state index contributed by atoms with van der Waals surface area (Å²) in [5.74, 6) is 1.04. The van der Waals surface area contributed by atoms with Crippen molar-refractivity contribution < 1.29 is 9.53 Å². The molecule has 1 aromatic rings. The predicted octanol–water partition coefficient (Wildman–Crippen LogP) is 2.84. The van der Waals surface area contributed by atoms with Crippen LogP contribution in [0.3, 0.4) is 0 Å². The number of esters is 1. The highest BCUT2D eigenvalue weighted by Gasteiger charge is 2.01. The van der Waals surface area contributed by atoms with Crippen LogP contribution in [0.2, 0.25) is 0 Å². The Morgan fingerprint density at radius 2 is 1.67 bits per heavy atom. The minimum absolute atomic E-state index is 0.287. The van der Waals surface area contributed by atoms with Crippen LogP contribution < -0.4 is 5.32 Å². The molecule has 0 saturated carbocycles. The number of carbonyl (C=O) groups is 1. The first-order chi connectivity index (χ1) is 8.65. The van der Waals surface area contributed by atoms with Crippen molar-refractivity contribution in [1.29, 1.82) is 0 Å². The van der Waals surface area contributed by atoms with Crippen molar-refractivity contribution in [2.24, 2.45) is 0 Å². The highest BCUT2D eigenvalue weighted by molar-refractivity contribution is 6.18. The van der Waals surface area contributed by atoms with E-state index in [2.05, 4.69) is 10.1 Å². The van der Waals surface area contributed by atoms with Gasteiger partial charge in [0.05, 0.1) is 12.7 Å². The number of benzene rings is 1. The van der Waals surface area contributed by atoms with Gasteiger partial charge in [-0.25, -0.2) is 4.79 Å². The van der Waals surface area contributed by atoms with Gasteiger partial charge in [0.1, 0.15) is 0 Å². The lowest BCUT2D eigenvalue weighted by molar-refractivity contribution is 0.0601. The molecular weight excluding hydrogens is 273 g/mol. The predicted molar refractivity (Wildman–Crippen MR) is 76.8 cm³/mol. The Balaban J connectivity index is 0.000000360. The summed E-state index contributed by atoms with van der Waals surface area (Å²) in [5.41, 5.74) is 1.73. The van der Waals surface area contributed by atoms with Crippen molar-refractivity contribution in [3.05, 3.63) is 35.4 Å². The van der Waals surface area contributed by atoms with Crippen molar-refractivity contribution in [2.45, 2.75) is 6.92 Å². The number of aryl methyl sites for hydroxylation is 1. The SMILES string of the molecule is COC(=O)c1ccc(C)cc1.ClCCNCCCl. The van der Waals surface area contributed by atoms with Crippen molar-refractivity contribution >= 4 is 29.2 Å². The van der Waals surface area contributed by atoms with Crippen molar-refractivity contribution in [1.82, 2.24) is 5.32 Å². The van der Waals surface area contributed by atoms with E-state index in [9.17, 15) is 4.79 Å². The summed E-state index contributed by atoms with van der Waals surface area (Å²) in [6.45, 7) is 3.68. The van der Waals surface area contributed by atoms with Crippen LogP contribution in [0.4, 0.5) is 0 Å². The number of methoxy groups -OCH3 is 1. The fourth-order valence-corrected chi connectivity index (χ4v) is 1.33. The highest BCUT2D eigenvalue weighted by atomic mass is 35.5. The largest absolute Gasteiger partial charge is 0.465 e. The summed E-state index contributed by atoms with van der Waals surface area (Å²) in [4.78, 5) is 10.9. The first kappa shape index (κ1) is 17.2. The number of rotatable bonds is 5. The normalized spacial score (nSPS) is 9.33. The highest BCUT2D eigenvalue weighted by Crippen LogP contribution is 2.03. The first-order valence-corrected chi connectivity index (χ1v) is 6.70. The van der Waals surface area contributed by atoms with Crippen molar-refractivity contribution in [3.63, 3.8) is 0 Å². The standard InChI is InChI=1S/C9H10O2.C4H9Cl2N/c1-7-3-5-8(6-4-7)9(10)11-2;5-1-3-7-4-2-6/h3-6H,1-2H3;7H,1-4H2. The van der Waals surface area contributed by atoms with Crippen LogP contribution in [0.5, 0.6) is 0 Å². The van der Waals surface area contributed by atoms with Gasteiger partial charge < -0.3 is 10.1 Å². The number of ether oxygens (including phenoxy) is 1. The van der Waals surface area contributed by atoms with E-state index < -0.39 is 0 Å². The molecule has 0 fully saturated rings. The molecule has 18 heavy (non-hydrogen) atoms. The van der Waals surface area contributed by atoms with Crippen LogP contribution in [0.1, 0.15) is 15.9 Å². The second kappa shape index (κ2) is 11.3. The molecule has 0 aliphatic rings. The number of hydrogen-bond donors (Lipinski definition) is 1. The van der Waals surface area contributed by atoms with Gasteiger partial charge in [-0.15, -0.1) is 23.2 Å². The minimum atomic E-state index is -0.287. The molecule has 3 nitrogen and oxygen atoms in total. The molecule has 0 bridgehead atoms. The van der Waals surface area contributed by atoms with Crippen LogP contribution in [0.15, 0.2) is 24.3 Å². The van der Waals surface area contributed by atoms with E-state index in [0.717, 1.165) is 18.7 Å². The van der Waals surface area contributed by atoms with Crippen molar-refractivity contribution in [3.8, 4) is 0 Å². The molecule has 0 unspecified atom stereocenters. The quantitative estimate of drug-likeness (QED) is 0.515. The molecule has 0 amide bonds. The fourth-order valence-electron chi connectivity index (χ4n) is 1.07. The summed E-state index contributed by atoms with van der Waals surface area (Å²) in [5, 5.41) is 3.02. The number of hydrogen-bond acceptors (Lipinski definition) is 3. The topological polar surface area (TPSA) is 38.3 Å². The lowest BCUT2D eigenvalue weighted by Gasteiger charge is -1.97. The Morgan fingerprint density at radius 3 is 2.06 bits per heavy atom. The van der Waals surface area contributed by atoms with E-state index in [1.807, 2.05) is 19.1 Å². The van der Waals surface area contributed by atoms with Gasteiger partial charge in [-0.3, -0.25) is 0 Å². The monoisotopic (exact) mass is 291 g/mol. The molecule has 0 spiro atoms. The molecule has 1 aromatic carbocycles. The third-order valence-corrected chi connectivity index (χ3v) is 2.39. The van der Waals surface area contributed by atoms with Gasteiger partial charge >= 0.3 is 5.97 Å². The maximum Gasteiger partial charge on any atom is 0.337 e. The Kier molecular flexibility index (Phi) is 10.8. The molecule has 1 N–H and O–H groups in total. The Hall–Kier alpha value is -0.770. The molecule has 0 aliphatic heterocycles. The molecule has 0 aliphatic carbocycles. The molecule has 0 atom stereocenters. The summed E-state index contributed by atoms with van der Waals surface area (Å²) in [7, 11) is 1.38. The van der Waals surface area contributed by atoms with E-state index in [-0.39, 0.29) is 5.97 Å². The molecular formula is C13H19Cl2NO2. The van der Waals surface area contributed by atoms with E-state index in [4.69, 9.17) is 23.2 Å². The smallest absolute Gasteiger partial charge is 0.337 e. The van der Waals surface area contributed by atoms with Gasteiger partial charge in [0, 0.05) is 24.8 Å². The molecule has 0 saturated heterocycles.